The van der Waals surface area contributed by atoms with Crippen molar-refractivity contribution in [3.05, 3.63) is 47.2 Å². The molecular formula is C19H23FN4O3. The number of ether oxygens (including phenoxy) is 1. The van der Waals surface area contributed by atoms with Gasteiger partial charge < -0.3 is 20.5 Å². The Morgan fingerprint density at radius 3 is 3.11 bits per heavy atom. The molecule has 0 saturated carbocycles. The first kappa shape index (κ1) is 17.9. The van der Waals surface area contributed by atoms with Crippen molar-refractivity contribution in [1.82, 2.24) is 15.5 Å². The fraction of sp³-hybridized carbons (Fsp3) is 0.474. The number of fused-ring (bicyclic) bond motifs is 1. The number of carbonyl (C=O) groups is 1. The molecule has 3 aliphatic rings. The van der Waals surface area contributed by atoms with Gasteiger partial charge in [0.1, 0.15) is 11.9 Å². The Bertz CT molecular complexity index is 782. The Balaban J connectivity index is 1.24. The average molecular weight is 374 g/mol. The molecule has 0 bridgehead atoms. The minimum atomic E-state index is -0.654. The van der Waals surface area contributed by atoms with Crippen LogP contribution in [0, 0.1) is 5.82 Å². The Hall–Kier alpha value is -2.45. The van der Waals surface area contributed by atoms with Gasteiger partial charge in [-0.1, -0.05) is 12.1 Å². The van der Waals surface area contributed by atoms with Crippen LogP contribution < -0.4 is 10.6 Å². The van der Waals surface area contributed by atoms with Gasteiger partial charge in [-0.25, -0.2) is 14.2 Å². The smallest absolute Gasteiger partial charge is 0.415 e. The molecular weight excluding hydrogens is 351 g/mol. The van der Waals surface area contributed by atoms with Crippen LogP contribution in [0.2, 0.25) is 0 Å². The highest BCUT2D eigenvalue weighted by molar-refractivity contribution is 5.73. The quantitative estimate of drug-likeness (QED) is 0.690. The Morgan fingerprint density at radius 1 is 1.44 bits per heavy atom. The molecule has 1 aromatic carbocycles. The molecule has 8 heteroatoms. The Kier molecular flexibility index (Phi) is 5.09. The minimum Gasteiger partial charge on any atom is -0.444 e. The minimum absolute atomic E-state index is 0.113. The summed E-state index contributed by atoms with van der Waals surface area (Å²) in [4.78, 5) is 17.7. The number of aliphatic hydroxyl groups excluding tert-OH is 1. The molecule has 1 fully saturated rings. The SMILES string of the molecule is O=C1OC(CC(O)CNC2Cc3cccc(F)c3C2)CN1C1=CNCC=N1. The second kappa shape index (κ2) is 7.66. The zero-order valence-electron chi connectivity index (χ0n) is 14.9. The van der Waals surface area contributed by atoms with Gasteiger partial charge in [0.2, 0.25) is 0 Å². The van der Waals surface area contributed by atoms with Crippen molar-refractivity contribution >= 4 is 12.3 Å². The maximum atomic E-state index is 13.8. The predicted octanol–water partition coefficient (Wildman–Crippen LogP) is 0.927. The van der Waals surface area contributed by atoms with Crippen molar-refractivity contribution < 1.29 is 19.0 Å². The van der Waals surface area contributed by atoms with Crippen molar-refractivity contribution in [2.45, 2.75) is 37.5 Å². The fourth-order valence-electron chi connectivity index (χ4n) is 3.80. The number of benzene rings is 1. The fourth-order valence-corrected chi connectivity index (χ4v) is 3.80. The van der Waals surface area contributed by atoms with E-state index in [0.717, 1.165) is 17.5 Å². The van der Waals surface area contributed by atoms with Gasteiger partial charge in [0.05, 0.1) is 12.6 Å². The molecule has 3 unspecified atom stereocenters. The van der Waals surface area contributed by atoms with Crippen LogP contribution in [-0.2, 0) is 17.6 Å². The van der Waals surface area contributed by atoms with E-state index in [4.69, 9.17) is 4.74 Å². The molecule has 1 aromatic rings. The molecule has 0 radical (unpaired) electrons. The standard InChI is InChI=1S/C19H23FN4O3/c20-17-3-1-2-12-6-13(7-16(12)17)23-9-14(25)8-15-11-24(19(26)27-15)18-10-21-4-5-22-18/h1-3,5,10,13-15,21,23,25H,4,6-9,11H2. The summed E-state index contributed by atoms with van der Waals surface area (Å²) in [5.74, 6) is 0.358. The average Bonchev–Trinajstić information content (AvgIpc) is 3.25. The van der Waals surface area contributed by atoms with Gasteiger partial charge in [-0.15, -0.1) is 0 Å². The molecule has 1 amide bonds. The molecule has 2 heterocycles. The van der Waals surface area contributed by atoms with Gasteiger partial charge >= 0.3 is 6.09 Å². The largest absolute Gasteiger partial charge is 0.444 e. The summed E-state index contributed by atoms with van der Waals surface area (Å²) in [6.45, 7) is 1.37. The normalized spacial score (nSPS) is 25.0. The summed E-state index contributed by atoms with van der Waals surface area (Å²) in [7, 11) is 0. The number of nitrogens with zero attached hydrogens (tertiary/aromatic N) is 2. The van der Waals surface area contributed by atoms with Gasteiger partial charge in [-0.05, 0) is 30.0 Å². The van der Waals surface area contributed by atoms with Crippen LogP contribution in [0.3, 0.4) is 0 Å². The lowest BCUT2D eigenvalue weighted by Crippen LogP contribution is -2.38. The zero-order valence-corrected chi connectivity index (χ0v) is 14.9. The lowest BCUT2D eigenvalue weighted by Gasteiger charge is -2.18. The molecule has 7 nitrogen and oxygen atoms in total. The van der Waals surface area contributed by atoms with Crippen LogP contribution in [0.25, 0.3) is 0 Å². The van der Waals surface area contributed by atoms with E-state index in [1.165, 1.54) is 11.0 Å². The van der Waals surface area contributed by atoms with Gasteiger partial charge in [-0.3, -0.25) is 4.90 Å². The van der Waals surface area contributed by atoms with E-state index >= 15 is 0 Å². The highest BCUT2D eigenvalue weighted by Gasteiger charge is 2.35. The van der Waals surface area contributed by atoms with Gasteiger partial charge in [0, 0.05) is 38.0 Å². The third kappa shape index (κ3) is 3.96. The van der Waals surface area contributed by atoms with Crippen molar-refractivity contribution in [3.63, 3.8) is 0 Å². The Morgan fingerprint density at radius 2 is 2.33 bits per heavy atom. The number of halogens is 1. The van der Waals surface area contributed by atoms with Crippen molar-refractivity contribution in [2.24, 2.45) is 4.99 Å². The van der Waals surface area contributed by atoms with Crippen LogP contribution in [0.15, 0.2) is 35.2 Å². The topological polar surface area (TPSA) is 86.2 Å². The van der Waals surface area contributed by atoms with E-state index in [-0.39, 0.29) is 18.0 Å². The van der Waals surface area contributed by atoms with E-state index < -0.39 is 12.2 Å². The van der Waals surface area contributed by atoms with E-state index in [0.29, 0.717) is 38.3 Å². The summed E-state index contributed by atoms with van der Waals surface area (Å²) in [5.41, 5.74) is 1.79. The molecule has 1 aliphatic carbocycles. The summed E-state index contributed by atoms with van der Waals surface area (Å²) in [6.07, 6.45) is 3.60. The van der Waals surface area contributed by atoms with Crippen LogP contribution in [-0.4, -0.2) is 60.2 Å². The molecule has 1 saturated heterocycles. The second-order valence-corrected chi connectivity index (χ2v) is 7.12. The predicted molar refractivity (Wildman–Crippen MR) is 97.8 cm³/mol. The number of hydrogen-bond acceptors (Lipinski definition) is 6. The van der Waals surface area contributed by atoms with Crippen LogP contribution >= 0.6 is 0 Å². The molecule has 3 atom stereocenters. The summed E-state index contributed by atoms with van der Waals surface area (Å²) in [5, 5.41) is 16.6. The van der Waals surface area contributed by atoms with E-state index in [2.05, 4.69) is 15.6 Å². The molecule has 3 N–H and O–H groups in total. The number of aliphatic hydroxyl groups is 1. The van der Waals surface area contributed by atoms with Crippen LogP contribution in [0.1, 0.15) is 17.5 Å². The van der Waals surface area contributed by atoms with E-state index in [9.17, 15) is 14.3 Å². The first-order chi connectivity index (χ1) is 13.1. The number of nitrogens with one attached hydrogen (secondary N) is 2. The Labute approximate surface area is 156 Å². The molecule has 4 rings (SSSR count). The highest BCUT2D eigenvalue weighted by Crippen LogP contribution is 2.25. The van der Waals surface area contributed by atoms with Gasteiger partial charge in [0.25, 0.3) is 0 Å². The van der Waals surface area contributed by atoms with Crippen molar-refractivity contribution in [2.75, 3.05) is 19.6 Å². The summed E-state index contributed by atoms with van der Waals surface area (Å²) >= 11 is 0. The maximum Gasteiger partial charge on any atom is 0.415 e. The number of hydrogen-bond donors (Lipinski definition) is 3. The maximum absolute atomic E-state index is 13.8. The molecule has 27 heavy (non-hydrogen) atoms. The zero-order chi connectivity index (χ0) is 18.8. The number of cyclic esters (lactones) is 1. The first-order valence-electron chi connectivity index (χ1n) is 9.22. The van der Waals surface area contributed by atoms with Gasteiger partial charge in [0.15, 0.2) is 5.82 Å². The number of carbonyl (C=O) groups excluding carboxylic acids is 1. The van der Waals surface area contributed by atoms with Crippen molar-refractivity contribution in [1.29, 1.82) is 0 Å². The lowest BCUT2D eigenvalue weighted by molar-refractivity contribution is 0.0823. The highest BCUT2D eigenvalue weighted by atomic mass is 19.1. The van der Waals surface area contributed by atoms with Gasteiger partial charge in [-0.2, -0.15) is 0 Å². The third-order valence-electron chi connectivity index (χ3n) is 5.12. The monoisotopic (exact) mass is 374 g/mol. The summed E-state index contributed by atoms with van der Waals surface area (Å²) < 4.78 is 19.2. The number of rotatable bonds is 6. The molecule has 0 aromatic heterocycles. The van der Waals surface area contributed by atoms with Crippen molar-refractivity contribution in [3.8, 4) is 0 Å². The van der Waals surface area contributed by atoms with Crippen LogP contribution in [0.5, 0.6) is 0 Å². The van der Waals surface area contributed by atoms with Crippen LogP contribution in [0.4, 0.5) is 9.18 Å². The molecule has 0 spiro atoms. The third-order valence-corrected chi connectivity index (χ3v) is 5.12. The molecule has 2 aliphatic heterocycles. The van der Waals surface area contributed by atoms with E-state index in [1.807, 2.05) is 6.07 Å². The number of aliphatic imine (C=N–C) groups is 1. The lowest BCUT2D eigenvalue weighted by atomic mass is 10.1. The molecule has 144 valence electrons. The first-order valence-corrected chi connectivity index (χ1v) is 9.22. The second-order valence-electron chi connectivity index (χ2n) is 7.12. The summed E-state index contributed by atoms with van der Waals surface area (Å²) in [6, 6.07) is 5.27. The number of amides is 1. The van der Waals surface area contributed by atoms with E-state index in [1.54, 1.807) is 18.5 Å².